The largest absolute Gasteiger partial charge is 0.481 e. The van der Waals surface area contributed by atoms with Gasteiger partial charge in [-0.1, -0.05) is 30.3 Å². The van der Waals surface area contributed by atoms with Crippen LogP contribution in [-0.4, -0.2) is 50.3 Å². The fraction of sp³-hybridized carbons (Fsp3) is 0.179. The monoisotopic (exact) mass is 527 g/mol. The van der Waals surface area contributed by atoms with Crippen molar-refractivity contribution >= 4 is 17.6 Å². The minimum Gasteiger partial charge on any atom is -0.481 e. The lowest BCUT2D eigenvalue weighted by atomic mass is 9.81. The number of benzene rings is 2. The van der Waals surface area contributed by atoms with E-state index in [1.165, 1.54) is 33.3 Å². The van der Waals surface area contributed by atoms with E-state index < -0.39 is 17.9 Å². The van der Waals surface area contributed by atoms with Gasteiger partial charge in [-0.05, 0) is 29.8 Å². The number of hydrogen-bond donors (Lipinski definition) is 1. The van der Waals surface area contributed by atoms with Gasteiger partial charge in [0.25, 0.3) is 0 Å². The normalized spacial score (nSPS) is 14.9. The molecule has 11 heteroatoms. The summed E-state index contributed by atoms with van der Waals surface area (Å²) in [4.78, 5) is 36.4. The fourth-order valence-corrected chi connectivity index (χ4v) is 4.28. The van der Waals surface area contributed by atoms with Crippen molar-refractivity contribution in [3.8, 4) is 29.2 Å². The molecular formula is C28H25N5O6. The molecule has 2 aromatic carbocycles. The summed E-state index contributed by atoms with van der Waals surface area (Å²) in [5, 5.41) is 10.2. The van der Waals surface area contributed by atoms with Gasteiger partial charge in [0.05, 0.1) is 57.6 Å². The maximum absolute atomic E-state index is 13.2. The van der Waals surface area contributed by atoms with E-state index in [2.05, 4.69) is 16.0 Å². The van der Waals surface area contributed by atoms with Crippen LogP contribution in [0.5, 0.6) is 11.8 Å². The van der Waals surface area contributed by atoms with Crippen molar-refractivity contribution in [3.63, 3.8) is 0 Å². The van der Waals surface area contributed by atoms with Gasteiger partial charge in [-0.3, -0.25) is 4.90 Å². The molecule has 3 aromatic rings. The zero-order chi connectivity index (χ0) is 28.1. The van der Waals surface area contributed by atoms with Gasteiger partial charge in [0.1, 0.15) is 11.5 Å². The molecule has 2 N–H and O–H groups in total. The van der Waals surface area contributed by atoms with Gasteiger partial charge in [-0.15, -0.1) is 0 Å². The molecule has 0 saturated heterocycles. The number of esters is 2. The summed E-state index contributed by atoms with van der Waals surface area (Å²) in [7, 11) is 5.35. The Morgan fingerprint density at radius 2 is 1.49 bits per heavy atom. The van der Waals surface area contributed by atoms with Crippen molar-refractivity contribution in [1.82, 2.24) is 9.97 Å². The highest BCUT2D eigenvalue weighted by molar-refractivity contribution is 6.06. The number of anilines is 1. The molecule has 0 fully saturated rings. The van der Waals surface area contributed by atoms with Gasteiger partial charge < -0.3 is 24.7 Å². The van der Waals surface area contributed by atoms with Crippen molar-refractivity contribution in [2.24, 2.45) is 5.73 Å². The minimum atomic E-state index is -0.953. The van der Waals surface area contributed by atoms with E-state index >= 15 is 0 Å². The number of allylic oxidation sites excluding steroid dienone is 1. The zero-order valence-corrected chi connectivity index (χ0v) is 21.7. The molecule has 0 amide bonds. The quantitative estimate of drug-likeness (QED) is 0.452. The molecule has 198 valence electrons. The molecular weight excluding hydrogens is 502 g/mol. The predicted octanol–water partition coefficient (Wildman–Crippen LogP) is 3.06. The van der Waals surface area contributed by atoms with Crippen molar-refractivity contribution in [2.45, 2.75) is 5.92 Å². The smallest absolute Gasteiger partial charge is 0.355 e. The van der Waals surface area contributed by atoms with Crippen LogP contribution in [0.2, 0.25) is 0 Å². The molecule has 1 atom stereocenters. The van der Waals surface area contributed by atoms with Crippen LogP contribution in [0.15, 0.2) is 83.3 Å². The van der Waals surface area contributed by atoms with Gasteiger partial charge in [-0.2, -0.15) is 15.2 Å². The topological polar surface area (TPSA) is 150 Å². The molecule has 11 nitrogen and oxygen atoms in total. The highest BCUT2D eigenvalue weighted by Crippen LogP contribution is 2.43. The van der Waals surface area contributed by atoms with Gasteiger partial charge in [0, 0.05) is 11.3 Å². The Labute approximate surface area is 224 Å². The molecule has 0 spiro atoms. The maximum atomic E-state index is 13.2. The van der Waals surface area contributed by atoms with E-state index in [1.54, 1.807) is 60.7 Å². The molecule has 39 heavy (non-hydrogen) atoms. The molecule has 0 bridgehead atoms. The zero-order valence-electron chi connectivity index (χ0n) is 21.7. The van der Waals surface area contributed by atoms with Crippen LogP contribution in [-0.2, 0) is 19.1 Å². The number of rotatable bonds is 7. The highest BCUT2D eigenvalue weighted by atomic mass is 16.5. The highest BCUT2D eigenvalue weighted by Gasteiger charge is 2.42. The molecule has 1 aliphatic heterocycles. The number of ether oxygens (including phenoxy) is 4. The Hall–Kier alpha value is -5.37. The Morgan fingerprint density at radius 1 is 0.897 bits per heavy atom. The Balaban J connectivity index is 1.92. The first-order valence-corrected chi connectivity index (χ1v) is 11.6. The van der Waals surface area contributed by atoms with Crippen molar-refractivity contribution in [2.75, 3.05) is 33.3 Å². The molecule has 0 radical (unpaired) electrons. The first kappa shape index (κ1) is 26.7. The SMILES string of the molecule is COC(=O)C1=C(C(=O)OC)N(c2ccc(-c3nc(OC)cc(OC)n3)cc2)C(N)=C(C#N)C1c1ccccc1. The van der Waals surface area contributed by atoms with Gasteiger partial charge in [-0.25, -0.2) is 9.59 Å². The average molecular weight is 528 g/mol. The van der Waals surface area contributed by atoms with Crippen LogP contribution in [0.3, 0.4) is 0 Å². The molecule has 1 aromatic heterocycles. The number of carbonyl (C=O) groups is 2. The van der Waals surface area contributed by atoms with Gasteiger partial charge in [0.15, 0.2) is 5.82 Å². The number of aromatic nitrogens is 2. The Kier molecular flexibility index (Phi) is 7.77. The van der Waals surface area contributed by atoms with E-state index in [0.29, 0.717) is 34.4 Å². The third kappa shape index (κ3) is 4.95. The third-order valence-electron chi connectivity index (χ3n) is 6.09. The number of methoxy groups -OCH3 is 4. The van der Waals surface area contributed by atoms with Crippen LogP contribution in [0.4, 0.5) is 5.69 Å². The Morgan fingerprint density at radius 3 is 2.00 bits per heavy atom. The lowest BCUT2D eigenvalue weighted by Crippen LogP contribution is -2.40. The molecule has 1 unspecified atom stereocenters. The van der Waals surface area contributed by atoms with Crippen molar-refractivity contribution < 1.29 is 28.5 Å². The number of hydrogen-bond acceptors (Lipinski definition) is 11. The Bertz CT molecular complexity index is 1490. The van der Waals surface area contributed by atoms with Gasteiger partial charge in [0.2, 0.25) is 11.8 Å². The summed E-state index contributed by atoms with van der Waals surface area (Å²) in [5.74, 6) is -1.66. The maximum Gasteiger partial charge on any atom is 0.355 e. The van der Waals surface area contributed by atoms with E-state index in [1.807, 2.05) is 0 Å². The van der Waals surface area contributed by atoms with Gasteiger partial charge >= 0.3 is 11.9 Å². The summed E-state index contributed by atoms with van der Waals surface area (Å²) >= 11 is 0. The lowest BCUT2D eigenvalue weighted by Gasteiger charge is -2.35. The second-order valence-corrected chi connectivity index (χ2v) is 8.16. The third-order valence-corrected chi connectivity index (χ3v) is 6.09. The van der Waals surface area contributed by atoms with Crippen LogP contribution < -0.4 is 20.1 Å². The molecule has 2 heterocycles. The lowest BCUT2D eigenvalue weighted by molar-refractivity contribution is -0.139. The first-order chi connectivity index (χ1) is 18.9. The second-order valence-electron chi connectivity index (χ2n) is 8.16. The number of nitrogens with two attached hydrogens (primary N) is 1. The number of nitriles is 1. The van der Waals surface area contributed by atoms with Crippen LogP contribution in [0.25, 0.3) is 11.4 Å². The summed E-state index contributed by atoms with van der Waals surface area (Å²) in [5.41, 5.74) is 7.93. The standard InChI is InChI=1S/C28H25N5O6/c1-36-20-14-21(37-2)32-26(31-20)17-10-12-18(13-11-17)33-24(28(35)39-4)23(27(34)38-3)22(19(15-29)25(33)30)16-8-6-5-7-9-16/h5-14,22H,30H2,1-4H3. The fourth-order valence-electron chi connectivity index (χ4n) is 4.28. The number of nitrogens with zero attached hydrogens (tertiary/aromatic N) is 4. The molecule has 4 rings (SSSR count). The minimum absolute atomic E-state index is 0.0357. The van der Waals surface area contributed by atoms with E-state index in [-0.39, 0.29) is 22.7 Å². The summed E-state index contributed by atoms with van der Waals surface area (Å²) in [6.45, 7) is 0. The average Bonchev–Trinajstić information content (AvgIpc) is 2.99. The number of carbonyl (C=O) groups excluding carboxylic acids is 2. The van der Waals surface area contributed by atoms with Crippen LogP contribution in [0.1, 0.15) is 11.5 Å². The van der Waals surface area contributed by atoms with Crippen LogP contribution >= 0.6 is 0 Å². The van der Waals surface area contributed by atoms with Crippen LogP contribution in [0, 0.1) is 11.3 Å². The molecule has 1 aliphatic rings. The molecule has 0 aliphatic carbocycles. The van der Waals surface area contributed by atoms with E-state index in [0.717, 1.165) is 0 Å². The van der Waals surface area contributed by atoms with Crippen molar-refractivity contribution in [3.05, 3.63) is 88.9 Å². The summed E-state index contributed by atoms with van der Waals surface area (Å²) in [6, 6.07) is 19.1. The van der Waals surface area contributed by atoms with E-state index in [9.17, 15) is 14.9 Å². The van der Waals surface area contributed by atoms with Crippen molar-refractivity contribution in [1.29, 1.82) is 5.26 Å². The second kappa shape index (κ2) is 11.4. The summed E-state index contributed by atoms with van der Waals surface area (Å²) in [6.07, 6.45) is 0. The summed E-state index contributed by atoms with van der Waals surface area (Å²) < 4.78 is 20.6. The molecule has 0 saturated carbocycles. The van der Waals surface area contributed by atoms with E-state index in [4.69, 9.17) is 24.7 Å². The first-order valence-electron chi connectivity index (χ1n) is 11.6. The predicted molar refractivity (Wildman–Crippen MR) is 140 cm³/mol.